The first-order chi connectivity index (χ1) is 7.89. The van der Waals surface area contributed by atoms with Crippen LogP contribution in [0.1, 0.15) is 16.8 Å². The Kier molecular flexibility index (Phi) is 4.40. The highest BCUT2D eigenvalue weighted by Crippen LogP contribution is 2.27. The zero-order valence-corrected chi connectivity index (χ0v) is 10.2. The van der Waals surface area contributed by atoms with Crippen molar-refractivity contribution in [3.8, 4) is 5.75 Å². The van der Waals surface area contributed by atoms with Gasteiger partial charge in [0.25, 0.3) is 10.4 Å². The smallest absolute Gasteiger partial charge is 0.262 e. The Bertz CT molecular complexity index is 498. The lowest BCUT2D eigenvalue weighted by Crippen LogP contribution is -2.12. The van der Waals surface area contributed by atoms with Gasteiger partial charge in [0, 0.05) is 24.4 Å². The van der Waals surface area contributed by atoms with E-state index < -0.39 is 10.4 Å². The zero-order chi connectivity index (χ0) is 13.1. The minimum Gasteiger partial charge on any atom is -0.716 e. The van der Waals surface area contributed by atoms with Crippen LogP contribution in [0.2, 0.25) is 0 Å². The van der Waals surface area contributed by atoms with Gasteiger partial charge in [0.2, 0.25) is 0 Å². The fourth-order valence-electron chi connectivity index (χ4n) is 1.33. The Morgan fingerprint density at radius 2 is 2.18 bits per heavy atom. The summed E-state index contributed by atoms with van der Waals surface area (Å²) in [6.07, 6.45) is 1.37. The number of ether oxygens (including phenoxy) is 1. The number of methoxy groups -OCH3 is 1. The van der Waals surface area contributed by atoms with Crippen molar-refractivity contribution in [1.29, 1.82) is 0 Å². The molecule has 1 heterocycles. The van der Waals surface area contributed by atoms with Crippen LogP contribution in [0.5, 0.6) is 5.75 Å². The molecular weight excluding hydrogens is 250 g/mol. The topological polar surface area (TPSA) is 109 Å². The third-order valence-electron chi connectivity index (χ3n) is 2.05. The summed E-state index contributed by atoms with van der Waals surface area (Å²) in [7, 11) is -3.50. The Morgan fingerprint density at radius 1 is 1.53 bits per heavy atom. The fourth-order valence-corrected chi connectivity index (χ4v) is 1.75. The second kappa shape index (κ2) is 5.41. The normalized spacial score (nSPS) is 11.5. The molecule has 0 aliphatic heterocycles. The number of rotatable bonds is 5. The van der Waals surface area contributed by atoms with E-state index in [1.165, 1.54) is 20.2 Å². The highest BCUT2D eigenvalue weighted by molar-refractivity contribution is 7.81. The maximum atomic E-state index is 10.6. The number of aliphatic hydroxyl groups excluding tert-OH is 1. The van der Waals surface area contributed by atoms with E-state index in [4.69, 9.17) is 9.84 Å². The van der Waals surface area contributed by atoms with Crippen molar-refractivity contribution in [2.45, 2.75) is 20.1 Å². The van der Waals surface area contributed by atoms with Gasteiger partial charge in [-0.2, -0.15) is 0 Å². The second-order valence-electron chi connectivity index (χ2n) is 3.26. The molecule has 0 radical (unpaired) electrons. The molecule has 0 spiro atoms. The molecule has 0 amide bonds. The SMILES string of the molecule is COCc1c(CO)cnc(C)c1OS(=O)(=O)[O-]. The summed E-state index contributed by atoms with van der Waals surface area (Å²) in [6.45, 7) is 1.13. The highest BCUT2D eigenvalue weighted by Gasteiger charge is 2.15. The average molecular weight is 262 g/mol. The minimum atomic E-state index is -4.89. The monoisotopic (exact) mass is 262 g/mol. The van der Waals surface area contributed by atoms with Crippen LogP contribution in [0.4, 0.5) is 0 Å². The van der Waals surface area contributed by atoms with Crippen molar-refractivity contribution in [1.82, 2.24) is 4.98 Å². The molecule has 0 aliphatic carbocycles. The molecule has 0 aromatic carbocycles. The number of aliphatic hydroxyl groups is 1. The molecule has 7 nitrogen and oxygen atoms in total. The molecule has 0 saturated heterocycles. The highest BCUT2D eigenvalue weighted by atomic mass is 32.3. The van der Waals surface area contributed by atoms with Crippen LogP contribution in [0.15, 0.2) is 6.20 Å². The first kappa shape index (κ1) is 13.8. The molecule has 17 heavy (non-hydrogen) atoms. The van der Waals surface area contributed by atoms with Gasteiger partial charge < -0.3 is 18.6 Å². The van der Waals surface area contributed by atoms with Gasteiger partial charge in [-0.25, -0.2) is 8.42 Å². The van der Waals surface area contributed by atoms with Crippen LogP contribution in [0, 0.1) is 6.92 Å². The summed E-state index contributed by atoms with van der Waals surface area (Å²) >= 11 is 0. The average Bonchev–Trinajstić information content (AvgIpc) is 2.22. The Hall–Kier alpha value is -1.22. The molecule has 0 saturated carbocycles. The van der Waals surface area contributed by atoms with Crippen molar-refractivity contribution in [3.05, 3.63) is 23.0 Å². The summed E-state index contributed by atoms with van der Waals surface area (Å²) in [5, 5.41) is 9.08. The van der Waals surface area contributed by atoms with E-state index >= 15 is 0 Å². The van der Waals surface area contributed by atoms with Gasteiger partial charge in [0.05, 0.1) is 18.9 Å². The molecule has 0 aliphatic rings. The van der Waals surface area contributed by atoms with E-state index in [0.717, 1.165) is 0 Å². The minimum absolute atomic E-state index is 0.00407. The molecule has 8 heteroatoms. The summed E-state index contributed by atoms with van der Waals surface area (Å²) in [5.74, 6) is -0.187. The number of hydrogen-bond donors (Lipinski definition) is 1. The Balaban J connectivity index is 3.33. The standard InChI is InChI=1S/C9H13NO6S/c1-6-9(16-17(12,13)14)8(5-15-2)7(4-11)3-10-6/h3,11H,4-5H2,1-2H3,(H,12,13,14)/p-1. The lowest BCUT2D eigenvalue weighted by molar-refractivity contribution is 0.179. The lowest BCUT2D eigenvalue weighted by Gasteiger charge is -2.16. The molecule has 96 valence electrons. The van der Waals surface area contributed by atoms with Gasteiger partial charge in [-0.05, 0) is 6.92 Å². The maximum absolute atomic E-state index is 10.6. The summed E-state index contributed by atoms with van der Waals surface area (Å²) < 4.78 is 41.0. The van der Waals surface area contributed by atoms with E-state index in [1.54, 1.807) is 0 Å². The Labute approximate surface area is 99.0 Å². The molecule has 0 unspecified atom stereocenters. The third kappa shape index (κ3) is 3.63. The predicted octanol–water partition coefficient (Wildman–Crippen LogP) is -0.132. The van der Waals surface area contributed by atoms with Gasteiger partial charge in [0.15, 0.2) is 5.75 Å². The Morgan fingerprint density at radius 3 is 2.65 bits per heavy atom. The van der Waals surface area contributed by atoms with Crippen molar-refractivity contribution < 1.29 is 27.0 Å². The first-order valence-corrected chi connectivity index (χ1v) is 5.94. The van der Waals surface area contributed by atoms with Crippen LogP contribution < -0.4 is 4.18 Å². The van der Waals surface area contributed by atoms with E-state index in [2.05, 4.69) is 9.17 Å². The van der Waals surface area contributed by atoms with E-state index in [0.29, 0.717) is 11.1 Å². The van der Waals surface area contributed by atoms with E-state index in [9.17, 15) is 13.0 Å². The molecule has 0 bridgehead atoms. The maximum Gasteiger partial charge on any atom is 0.262 e. The molecule has 1 aromatic rings. The number of aromatic nitrogens is 1. The molecule has 1 aromatic heterocycles. The summed E-state index contributed by atoms with van der Waals surface area (Å²) in [6, 6.07) is 0. The van der Waals surface area contributed by atoms with Crippen LogP contribution in [0.3, 0.4) is 0 Å². The molecule has 0 fully saturated rings. The lowest BCUT2D eigenvalue weighted by atomic mass is 10.1. The van der Waals surface area contributed by atoms with Crippen LogP contribution >= 0.6 is 0 Å². The van der Waals surface area contributed by atoms with Crippen molar-refractivity contribution in [3.63, 3.8) is 0 Å². The van der Waals surface area contributed by atoms with Crippen molar-refractivity contribution in [2.75, 3.05) is 7.11 Å². The van der Waals surface area contributed by atoms with Crippen molar-refractivity contribution >= 4 is 10.4 Å². The van der Waals surface area contributed by atoms with Gasteiger partial charge >= 0.3 is 0 Å². The number of nitrogens with zero attached hydrogens (tertiary/aromatic N) is 1. The van der Waals surface area contributed by atoms with Crippen LogP contribution in [-0.4, -0.2) is 30.2 Å². The zero-order valence-electron chi connectivity index (χ0n) is 9.34. The van der Waals surface area contributed by atoms with Gasteiger partial charge in [-0.15, -0.1) is 0 Å². The predicted molar refractivity (Wildman–Crippen MR) is 55.9 cm³/mol. The molecule has 1 N–H and O–H groups in total. The van der Waals surface area contributed by atoms with Crippen molar-refractivity contribution in [2.24, 2.45) is 0 Å². The number of hydrogen-bond acceptors (Lipinski definition) is 7. The number of aryl methyl sites for hydroxylation is 1. The first-order valence-electron chi connectivity index (χ1n) is 4.61. The van der Waals surface area contributed by atoms with Crippen LogP contribution in [0.25, 0.3) is 0 Å². The van der Waals surface area contributed by atoms with Crippen LogP contribution in [-0.2, 0) is 28.3 Å². The van der Waals surface area contributed by atoms with Gasteiger partial charge in [0.1, 0.15) is 0 Å². The quantitative estimate of drug-likeness (QED) is 0.581. The van der Waals surface area contributed by atoms with Gasteiger partial charge in [-0.3, -0.25) is 4.98 Å². The van der Waals surface area contributed by atoms with Gasteiger partial charge in [-0.1, -0.05) is 0 Å². The molecule has 1 rings (SSSR count). The molecular formula is C9H12NO6S-. The molecule has 0 atom stereocenters. The van der Waals surface area contributed by atoms with E-state index in [-0.39, 0.29) is 24.7 Å². The van der Waals surface area contributed by atoms with E-state index in [1.807, 2.05) is 0 Å². The third-order valence-corrected chi connectivity index (χ3v) is 2.42. The summed E-state index contributed by atoms with van der Waals surface area (Å²) in [4.78, 5) is 3.83. The summed E-state index contributed by atoms with van der Waals surface area (Å²) in [5.41, 5.74) is 0.867. The second-order valence-corrected chi connectivity index (χ2v) is 4.24. The largest absolute Gasteiger partial charge is 0.716 e. The fraction of sp³-hybridized carbons (Fsp3) is 0.444. The number of pyridine rings is 1.